The molecule has 0 spiro atoms. The third-order valence-corrected chi connectivity index (χ3v) is 3.68. The molecular weight excluding hydrogens is 260 g/mol. The van der Waals surface area contributed by atoms with E-state index in [1.807, 2.05) is 13.8 Å². The van der Waals surface area contributed by atoms with Crippen molar-refractivity contribution in [2.45, 2.75) is 52.5 Å². The summed E-state index contributed by atoms with van der Waals surface area (Å²) < 4.78 is 5.03. The quantitative estimate of drug-likeness (QED) is 0.605. The predicted molar refractivity (Wildman–Crippen MR) is 77.8 cm³/mol. The standard InChI is InChI=1S/C14H28N2O4/c1-6-14(7-2,11(17)18)16-12(19)15-10-13(3,4)8-9-20-5/h6-10H2,1-5H3,(H,17,18)(H2,15,16,19). The first-order valence-electron chi connectivity index (χ1n) is 7.01. The highest BCUT2D eigenvalue weighted by Crippen LogP contribution is 2.19. The van der Waals surface area contributed by atoms with Crippen LogP contribution in [0.5, 0.6) is 0 Å². The summed E-state index contributed by atoms with van der Waals surface area (Å²) in [6, 6.07) is -0.443. The van der Waals surface area contributed by atoms with Gasteiger partial charge in [-0.2, -0.15) is 0 Å². The van der Waals surface area contributed by atoms with Gasteiger partial charge in [0.15, 0.2) is 0 Å². The summed E-state index contributed by atoms with van der Waals surface area (Å²) >= 11 is 0. The van der Waals surface area contributed by atoms with E-state index >= 15 is 0 Å². The highest BCUT2D eigenvalue weighted by atomic mass is 16.5. The van der Waals surface area contributed by atoms with Gasteiger partial charge in [0.2, 0.25) is 0 Å². The van der Waals surface area contributed by atoms with Crippen LogP contribution in [0.15, 0.2) is 0 Å². The molecule has 0 rings (SSSR count). The van der Waals surface area contributed by atoms with Crippen LogP contribution < -0.4 is 10.6 Å². The van der Waals surface area contributed by atoms with E-state index in [4.69, 9.17) is 4.74 Å². The Balaban J connectivity index is 4.45. The van der Waals surface area contributed by atoms with E-state index in [0.29, 0.717) is 26.0 Å². The number of hydrogen-bond acceptors (Lipinski definition) is 3. The normalized spacial score (nSPS) is 12.1. The summed E-state index contributed by atoms with van der Waals surface area (Å²) in [7, 11) is 1.64. The third-order valence-electron chi connectivity index (χ3n) is 3.68. The van der Waals surface area contributed by atoms with Crippen molar-refractivity contribution in [3.63, 3.8) is 0 Å². The summed E-state index contributed by atoms with van der Waals surface area (Å²) in [6.45, 7) is 8.64. The second-order valence-corrected chi connectivity index (χ2v) is 5.81. The lowest BCUT2D eigenvalue weighted by Crippen LogP contribution is -2.57. The lowest BCUT2D eigenvalue weighted by atomic mass is 9.89. The molecule has 118 valence electrons. The van der Waals surface area contributed by atoms with Gasteiger partial charge in [-0.05, 0) is 24.7 Å². The molecule has 0 bridgehead atoms. The number of hydrogen-bond donors (Lipinski definition) is 3. The molecule has 6 heteroatoms. The molecule has 0 fully saturated rings. The minimum Gasteiger partial charge on any atom is -0.480 e. The number of carbonyl (C=O) groups excluding carboxylic acids is 1. The van der Waals surface area contributed by atoms with Crippen LogP contribution in [0.3, 0.4) is 0 Å². The van der Waals surface area contributed by atoms with Crippen LogP contribution in [0.1, 0.15) is 47.0 Å². The predicted octanol–water partition coefficient (Wildman–Crippen LogP) is 1.99. The molecule has 0 aliphatic rings. The van der Waals surface area contributed by atoms with Crippen molar-refractivity contribution in [3.8, 4) is 0 Å². The van der Waals surface area contributed by atoms with Crippen molar-refractivity contribution in [3.05, 3.63) is 0 Å². The summed E-state index contributed by atoms with van der Waals surface area (Å²) in [4.78, 5) is 23.2. The Kier molecular flexibility index (Phi) is 7.57. The van der Waals surface area contributed by atoms with Crippen molar-refractivity contribution in [2.24, 2.45) is 5.41 Å². The molecule has 0 aliphatic carbocycles. The molecule has 20 heavy (non-hydrogen) atoms. The Morgan fingerprint density at radius 1 is 1.20 bits per heavy atom. The van der Waals surface area contributed by atoms with Gasteiger partial charge in [-0.3, -0.25) is 0 Å². The van der Waals surface area contributed by atoms with Crippen molar-refractivity contribution in [1.82, 2.24) is 10.6 Å². The number of ether oxygens (including phenoxy) is 1. The van der Waals surface area contributed by atoms with Crippen molar-refractivity contribution in [2.75, 3.05) is 20.3 Å². The van der Waals surface area contributed by atoms with Crippen LogP contribution in [0.2, 0.25) is 0 Å². The summed E-state index contributed by atoms with van der Waals surface area (Å²) in [5.74, 6) is -1.00. The van der Waals surface area contributed by atoms with Gasteiger partial charge in [-0.1, -0.05) is 27.7 Å². The fraction of sp³-hybridized carbons (Fsp3) is 0.857. The van der Waals surface area contributed by atoms with E-state index in [1.54, 1.807) is 21.0 Å². The van der Waals surface area contributed by atoms with Crippen molar-refractivity contribution < 1.29 is 19.4 Å². The maximum atomic E-state index is 11.9. The molecule has 2 amide bonds. The maximum absolute atomic E-state index is 11.9. The molecule has 0 heterocycles. The van der Waals surface area contributed by atoms with Crippen LogP contribution in [0.4, 0.5) is 4.79 Å². The van der Waals surface area contributed by atoms with E-state index in [0.717, 1.165) is 6.42 Å². The highest BCUT2D eigenvalue weighted by Gasteiger charge is 2.36. The lowest BCUT2D eigenvalue weighted by Gasteiger charge is -2.30. The lowest BCUT2D eigenvalue weighted by molar-refractivity contribution is -0.144. The molecule has 0 radical (unpaired) electrons. The fourth-order valence-corrected chi connectivity index (χ4v) is 1.83. The van der Waals surface area contributed by atoms with Crippen molar-refractivity contribution in [1.29, 1.82) is 0 Å². The third kappa shape index (κ3) is 5.77. The molecule has 0 aromatic carbocycles. The molecule has 0 unspecified atom stereocenters. The molecule has 0 atom stereocenters. The highest BCUT2D eigenvalue weighted by molar-refractivity contribution is 5.86. The molecule has 6 nitrogen and oxygen atoms in total. The number of rotatable bonds is 9. The first-order valence-corrected chi connectivity index (χ1v) is 7.01. The smallest absolute Gasteiger partial charge is 0.329 e. The van der Waals surface area contributed by atoms with Gasteiger partial charge in [0.1, 0.15) is 5.54 Å². The number of aliphatic carboxylic acids is 1. The number of urea groups is 1. The zero-order valence-electron chi connectivity index (χ0n) is 13.2. The van der Waals surface area contributed by atoms with Crippen LogP contribution >= 0.6 is 0 Å². The number of methoxy groups -OCH3 is 1. The largest absolute Gasteiger partial charge is 0.480 e. The molecular formula is C14H28N2O4. The van der Waals surface area contributed by atoms with Crippen molar-refractivity contribution >= 4 is 12.0 Å². The van der Waals surface area contributed by atoms with Gasteiger partial charge in [-0.15, -0.1) is 0 Å². The van der Waals surface area contributed by atoms with Crippen LogP contribution in [0.25, 0.3) is 0 Å². The number of carboxylic acids is 1. The van der Waals surface area contributed by atoms with Gasteiger partial charge in [0, 0.05) is 20.3 Å². The van der Waals surface area contributed by atoms with Gasteiger partial charge < -0.3 is 20.5 Å². The zero-order valence-corrected chi connectivity index (χ0v) is 13.2. The number of amides is 2. The van der Waals surface area contributed by atoms with E-state index in [2.05, 4.69) is 10.6 Å². The SMILES string of the molecule is CCC(CC)(NC(=O)NCC(C)(C)CCOC)C(=O)O. The molecule has 0 saturated heterocycles. The zero-order chi connectivity index (χ0) is 15.8. The first kappa shape index (κ1) is 18.7. The minimum absolute atomic E-state index is 0.0995. The summed E-state index contributed by atoms with van der Waals surface area (Å²) in [5.41, 5.74) is -1.29. The Hall–Kier alpha value is -1.30. The first-order chi connectivity index (χ1) is 9.23. The number of nitrogens with one attached hydrogen (secondary N) is 2. The average Bonchev–Trinajstić information content (AvgIpc) is 2.40. The molecule has 3 N–H and O–H groups in total. The minimum atomic E-state index is -1.19. The van der Waals surface area contributed by atoms with Gasteiger partial charge in [-0.25, -0.2) is 9.59 Å². The Morgan fingerprint density at radius 3 is 2.15 bits per heavy atom. The van der Waals surface area contributed by atoms with E-state index < -0.39 is 17.5 Å². The van der Waals surface area contributed by atoms with Gasteiger partial charge in [0.25, 0.3) is 0 Å². The van der Waals surface area contributed by atoms with E-state index in [1.165, 1.54) is 0 Å². The summed E-state index contributed by atoms with van der Waals surface area (Å²) in [5, 5.41) is 14.6. The van der Waals surface area contributed by atoms with E-state index in [-0.39, 0.29) is 5.41 Å². The molecule has 0 aromatic heterocycles. The van der Waals surface area contributed by atoms with Crippen LogP contribution in [-0.4, -0.2) is 42.9 Å². The van der Waals surface area contributed by atoms with Gasteiger partial charge >= 0.3 is 12.0 Å². The molecule has 0 aliphatic heterocycles. The average molecular weight is 288 g/mol. The van der Waals surface area contributed by atoms with E-state index in [9.17, 15) is 14.7 Å². The Morgan fingerprint density at radius 2 is 1.75 bits per heavy atom. The second kappa shape index (κ2) is 8.09. The van der Waals surface area contributed by atoms with Gasteiger partial charge in [0.05, 0.1) is 0 Å². The number of carboxylic acid groups (broad SMARTS) is 1. The topological polar surface area (TPSA) is 87.7 Å². The molecule has 0 saturated carbocycles. The monoisotopic (exact) mass is 288 g/mol. The maximum Gasteiger partial charge on any atom is 0.329 e. The van der Waals surface area contributed by atoms with Crippen LogP contribution in [0, 0.1) is 5.41 Å². The Bertz CT molecular complexity index is 325. The number of carbonyl (C=O) groups is 2. The molecule has 0 aromatic rings. The second-order valence-electron chi connectivity index (χ2n) is 5.81. The fourth-order valence-electron chi connectivity index (χ4n) is 1.83. The summed E-state index contributed by atoms with van der Waals surface area (Å²) in [6.07, 6.45) is 1.51. The van der Waals surface area contributed by atoms with Crippen LogP contribution in [-0.2, 0) is 9.53 Å². The Labute approximate surface area is 121 Å².